The second kappa shape index (κ2) is 8.78. The van der Waals surface area contributed by atoms with Gasteiger partial charge in [-0.15, -0.1) is 0 Å². The number of rotatable bonds is 7. The lowest BCUT2D eigenvalue weighted by Crippen LogP contribution is -2.30. The highest BCUT2D eigenvalue weighted by molar-refractivity contribution is 7.88. The second-order valence-corrected chi connectivity index (χ2v) is 8.70. The fourth-order valence-electron chi connectivity index (χ4n) is 3.44. The molecule has 9 nitrogen and oxygen atoms in total. The van der Waals surface area contributed by atoms with E-state index in [1.54, 1.807) is 0 Å². The highest BCUT2D eigenvalue weighted by Crippen LogP contribution is 2.46. The molecule has 1 aromatic heterocycles. The number of pyridine rings is 1. The van der Waals surface area contributed by atoms with Crippen molar-refractivity contribution in [2.75, 3.05) is 13.9 Å². The van der Waals surface area contributed by atoms with E-state index >= 15 is 0 Å². The van der Waals surface area contributed by atoms with E-state index in [4.69, 9.17) is 9.47 Å². The van der Waals surface area contributed by atoms with Gasteiger partial charge >= 0.3 is 15.6 Å². The smallest absolute Gasteiger partial charge is 0.464 e. The van der Waals surface area contributed by atoms with Crippen LogP contribution in [0.4, 0.5) is 17.6 Å². The zero-order chi connectivity index (χ0) is 25.5. The van der Waals surface area contributed by atoms with Crippen molar-refractivity contribution < 1.29 is 49.2 Å². The highest BCUT2D eigenvalue weighted by Gasteiger charge is 2.51. The molecule has 0 N–H and O–H groups in total. The predicted molar refractivity (Wildman–Crippen MR) is 110 cm³/mol. The minimum atomic E-state index is -6.23. The zero-order valence-corrected chi connectivity index (χ0v) is 18.4. The van der Waals surface area contributed by atoms with Crippen molar-refractivity contribution in [2.45, 2.75) is 12.1 Å². The number of carbonyl (C=O) groups excluding carboxylic acids is 2. The van der Waals surface area contributed by atoms with E-state index in [1.807, 2.05) is 0 Å². The molecule has 0 saturated heterocycles. The van der Waals surface area contributed by atoms with Gasteiger partial charge < -0.3 is 13.7 Å². The van der Waals surface area contributed by atoms with Crippen molar-refractivity contribution in [3.63, 3.8) is 0 Å². The summed E-state index contributed by atoms with van der Waals surface area (Å²) < 4.78 is 91.0. The lowest BCUT2D eigenvalue weighted by atomic mass is 10.0. The fraction of sp³-hybridized carbons (Fsp3) is 0.190. The Bertz CT molecular complexity index is 1440. The van der Waals surface area contributed by atoms with E-state index in [0.29, 0.717) is 10.5 Å². The molecule has 0 unspecified atom stereocenters. The van der Waals surface area contributed by atoms with Gasteiger partial charge in [0.05, 0.1) is 6.54 Å². The first-order valence-corrected chi connectivity index (χ1v) is 11.0. The molecular formula is C21H14F4N2O7S. The van der Waals surface area contributed by atoms with E-state index in [-0.39, 0.29) is 16.7 Å². The molecule has 3 aromatic rings. The van der Waals surface area contributed by atoms with Crippen LogP contribution < -0.4 is 8.92 Å². The van der Waals surface area contributed by atoms with E-state index in [1.165, 1.54) is 31.5 Å². The Balaban J connectivity index is 1.95. The molecule has 35 heavy (non-hydrogen) atoms. The molecule has 0 bridgehead atoms. The number of imide groups is 1. The largest absolute Gasteiger partial charge is 0.534 e. The van der Waals surface area contributed by atoms with Crippen molar-refractivity contribution in [3.8, 4) is 11.5 Å². The van der Waals surface area contributed by atoms with Crippen LogP contribution in [0.25, 0.3) is 10.9 Å². The van der Waals surface area contributed by atoms with Gasteiger partial charge in [-0.1, -0.05) is 12.1 Å². The molecule has 0 spiro atoms. The van der Waals surface area contributed by atoms with Crippen molar-refractivity contribution in [1.29, 1.82) is 0 Å². The van der Waals surface area contributed by atoms with Crippen molar-refractivity contribution in [1.82, 2.24) is 9.88 Å². The Morgan fingerprint density at radius 3 is 2.23 bits per heavy atom. The molecule has 0 fully saturated rings. The SMILES string of the molecule is COCOc1c2c(c(OS(=O)(=O)C(F)(F)F)c3cccnc13)C(=O)N(Cc1ccc(F)cc1)C2=O. The molecule has 0 atom stereocenters. The number of halogens is 4. The lowest BCUT2D eigenvalue weighted by Gasteiger charge is -2.16. The number of methoxy groups -OCH3 is 1. The van der Waals surface area contributed by atoms with Crippen molar-refractivity contribution >= 4 is 32.8 Å². The molecule has 0 radical (unpaired) electrons. The monoisotopic (exact) mass is 514 g/mol. The minimum Gasteiger partial charge on any atom is -0.464 e. The summed E-state index contributed by atoms with van der Waals surface area (Å²) in [5.41, 5.74) is -7.04. The standard InChI is InChI=1S/C21H14F4N2O7S/c1-32-10-33-18-15-14(19(28)27(20(15)29)9-11-4-6-12(22)7-5-11)17(13-3-2-8-26-16(13)18)34-35(30,31)21(23,24)25/h2-8H,9-10H2,1H3. The minimum absolute atomic E-state index is 0.236. The normalized spacial score (nSPS) is 13.9. The van der Waals surface area contributed by atoms with Gasteiger partial charge in [0.25, 0.3) is 11.8 Å². The Labute approximate surface area is 194 Å². The molecule has 1 aliphatic heterocycles. The summed E-state index contributed by atoms with van der Waals surface area (Å²) in [5, 5.41) is -0.324. The van der Waals surface area contributed by atoms with Crippen LogP contribution in [0.5, 0.6) is 11.5 Å². The third-order valence-electron chi connectivity index (χ3n) is 4.94. The molecule has 0 aliphatic carbocycles. The predicted octanol–water partition coefficient (Wildman–Crippen LogP) is 3.38. The molecule has 2 aromatic carbocycles. The number of benzene rings is 2. The maximum absolute atomic E-state index is 13.3. The summed E-state index contributed by atoms with van der Waals surface area (Å²) in [5.74, 6) is -4.06. The van der Waals surface area contributed by atoms with Gasteiger partial charge in [0.1, 0.15) is 22.5 Å². The number of alkyl halides is 3. The Morgan fingerprint density at radius 2 is 1.63 bits per heavy atom. The van der Waals surface area contributed by atoms with Gasteiger partial charge in [-0.05, 0) is 29.8 Å². The van der Waals surface area contributed by atoms with Crippen LogP contribution in [0.2, 0.25) is 0 Å². The average molecular weight is 514 g/mol. The first-order chi connectivity index (χ1) is 16.5. The van der Waals surface area contributed by atoms with Gasteiger partial charge in [-0.2, -0.15) is 21.6 Å². The molecule has 14 heteroatoms. The van der Waals surface area contributed by atoms with Crippen LogP contribution >= 0.6 is 0 Å². The summed E-state index contributed by atoms with van der Waals surface area (Å²) in [6, 6.07) is 7.19. The number of fused-ring (bicyclic) bond motifs is 2. The molecule has 184 valence electrons. The molecular weight excluding hydrogens is 500 g/mol. The lowest BCUT2D eigenvalue weighted by molar-refractivity contribution is -0.0499. The van der Waals surface area contributed by atoms with E-state index in [9.17, 15) is 35.6 Å². The third kappa shape index (κ3) is 4.25. The maximum Gasteiger partial charge on any atom is 0.534 e. The molecule has 2 amide bonds. The number of aromatic nitrogens is 1. The number of amides is 2. The summed E-state index contributed by atoms with van der Waals surface area (Å²) >= 11 is 0. The number of ether oxygens (including phenoxy) is 2. The van der Waals surface area contributed by atoms with E-state index < -0.39 is 63.5 Å². The van der Waals surface area contributed by atoms with Crippen LogP contribution in [0.3, 0.4) is 0 Å². The maximum atomic E-state index is 13.3. The van der Waals surface area contributed by atoms with Crippen LogP contribution in [0, 0.1) is 5.82 Å². The molecule has 1 aliphatic rings. The van der Waals surface area contributed by atoms with Gasteiger partial charge in [-0.3, -0.25) is 19.5 Å². The summed E-state index contributed by atoms with van der Waals surface area (Å²) in [6.45, 7) is -0.829. The average Bonchev–Trinajstić information content (AvgIpc) is 3.04. The first kappa shape index (κ1) is 24.3. The van der Waals surface area contributed by atoms with E-state index in [2.05, 4.69) is 9.17 Å². The number of hydrogen-bond acceptors (Lipinski definition) is 8. The van der Waals surface area contributed by atoms with Crippen molar-refractivity contribution in [2.24, 2.45) is 0 Å². The molecule has 4 rings (SSSR count). The number of carbonyl (C=O) groups is 2. The van der Waals surface area contributed by atoms with Gasteiger partial charge in [0.15, 0.2) is 18.3 Å². The second-order valence-electron chi connectivity index (χ2n) is 7.16. The number of hydrogen-bond donors (Lipinski definition) is 0. The van der Waals surface area contributed by atoms with Crippen LogP contribution in [0.15, 0.2) is 42.6 Å². The Morgan fingerprint density at radius 1 is 1.00 bits per heavy atom. The zero-order valence-electron chi connectivity index (χ0n) is 17.6. The fourth-order valence-corrected chi connectivity index (χ4v) is 3.92. The van der Waals surface area contributed by atoms with Crippen LogP contribution in [-0.2, 0) is 21.4 Å². The van der Waals surface area contributed by atoms with Crippen LogP contribution in [-0.4, -0.2) is 49.5 Å². The number of nitrogens with zero attached hydrogens (tertiary/aromatic N) is 2. The van der Waals surface area contributed by atoms with Gasteiger partial charge in [-0.25, -0.2) is 4.39 Å². The topological polar surface area (TPSA) is 112 Å². The van der Waals surface area contributed by atoms with E-state index in [0.717, 1.165) is 18.2 Å². The molecule has 2 heterocycles. The van der Waals surface area contributed by atoms with Gasteiger partial charge in [0.2, 0.25) is 0 Å². The molecule has 0 saturated carbocycles. The quantitative estimate of drug-likeness (QED) is 0.155. The first-order valence-electron chi connectivity index (χ1n) is 9.64. The highest BCUT2D eigenvalue weighted by atomic mass is 32.2. The van der Waals surface area contributed by atoms with Gasteiger partial charge in [0, 0.05) is 18.7 Å². The Kier molecular flexibility index (Phi) is 6.11. The third-order valence-corrected chi connectivity index (χ3v) is 5.89. The summed E-state index contributed by atoms with van der Waals surface area (Å²) in [7, 11) is -4.97. The summed E-state index contributed by atoms with van der Waals surface area (Å²) in [4.78, 5) is 31.2. The Hall–Kier alpha value is -3.78. The van der Waals surface area contributed by atoms with Crippen LogP contribution in [0.1, 0.15) is 26.3 Å². The van der Waals surface area contributed by atoms with Crippen molar-refractivity contribution in [3.05, 3.63) is 65.1 Å². The summed E-state index contributed by atoms with van der Waals surface area (Å²) in [6.07, 6.45) is 1.22.